The summed E-state index contributed by atoms with van der Waals surface area (Å²) in [4.78, 5) is 31.9. The largest absolute Gasteiger partial charge is 0.507 e. The standard InChI is InChI=1S/C27H27BrN2O6S/c1-6-35-26(33)23-15(4)29-27-30(24(23)17-8-10-20(36-14(2)3)21(13-17)34-5)25(32)22(37-27)12-16-7-9-19(31)18(28)11-16/h7-14,24,31H,6H2,1-5H3/b22-12-/t24-/m0/s1. The minimum Gasteiger partial charge on any atom is -0.507 e. The maximum absolute atomic E-state index is 13.7. The van der Waals surface area contributed by atoms with Gasteiger partial charge in [0.25, 0.3) is 5.56 Å². The first-order valence-electron chi connectivity index (χ1n) is 11.7. The smallest absolute Gasteiger partial charge is 0.338 e. The maximum Gasteiger partial charge on any atom is 0.338 e. The Labute approximate surface area is 226 Å². The Bertz CT molecular complexity index is 1570. The van der Waals surface area contributed by atoms with Gasteiger partial charge >= 0.3 is 5.97 Å². The van der Waals surface area contributed by atoms with Gasteiger partial charge in [0.15, 0.2) is 16.3 Å². The number of benzene rings is 2. The second kappa shape index (κ2) is 10.9. The number of phenolic OH excluding ortho intramolecular Hbond substituents is 1. The molecule has 1 atom stereocenters. The minimum atomic E-state index is -0.772. The summed E-state index contributed by atoms with van der Waals surface area (Å²) in [5.74, 6) is 0.615. The third-order valence-electron chi connectivity index (χ3n) is 5.65. The fraction of sp³-hybridized carbons (Fsp3) is 0.296. The Kier molecular flexibility index (Phi) is 7.89. The number of carbonyl (C=O) groups is 1. The molecule has 0 saturated carbocycles. The summed E-state index contributed by atoms with van der Waals surface area (Å²) in [5.41, 5.74) is 1.85. The van der Waals surface area contributed by atoms with Crippen molar-refractivity contribution < 1.29 is 24.1 Å². The molecule has 2 heterocycles. The Balaban J connectivity index is 1.94. The molecule has 1 aliphatic heterocycles. The highest BCUT2D eigenvalue weighted by atomic mass is 79.9. The van der Waals surface area contributed by atoms with Gasteiger partial charge in [-0.3, -0.25) is 9.36 Å². The van der Waals surface area contributed by atoms with Crippen LogP contribution in [0.5, 0.6) is 17.2 Å². The molecule has 1 N–H and O–H groups in total. The van der Waals surface area contributed by atoms with E-state index in [1.165, 1.54) is 15.9 Å². The van der Waals surface area contributed by atoms with Crippen LogP contribution in [0, 0.1) is 0 Å². The monoisotopic (exact) mass is 586 g/mol. The van der Waals surface area contributed by atoms with Gasteiger partial charge in [0.1, 0.15) is 5.75 Å². The molecule has 10 heteroatoms. The number of methoxy groups -OCH3 is 1. The minimum absolute atomic E-state index is 0.0606. The first kappa shape index (κ1) is 26.7. The summed E-state index contributed by atoms with van der Waals surface area (Å²) in [6.45, 7) is 7.49. The van der Waals surface area contributed by atoms with Gasteiger partial charge in [-0.25, -0.2) is 9.79 Å². The number of hydrogen-bond acceptors (Lipinski definition) is 8. The lowest BCUT2D eigenvalue weighted by atomic mass is 9.95. The number of allylic oxidation sites excluding steroid dienone is 1. The molecule has 37 heavy (non-hydrogen) atoms. The second-order valence-corrected chi connectivity index (χ2v) is 10.5. The van der Waals surface area contributed by atoms with Crippen molar-refractivity contribution in [3.05, 3.63) is 83.0 Å². The molecule has 4 rings (SSSR count). The van der Waals surface area contributed by atoms with Crippen molar-refractivity contribution in [3.8, 4) is 17.2 Å². The van der Waals surface area contributed by atoms with Crippen LogP contribution < -0.4 is 24.4 Å². The van der Waals surface area contributed by atoms with Gasteiger partial charge in [-0.2, -0.15) is 0 Å². The number of fused-ring (bicyclic) bond motifs is 1. The molecule has 1 aromatic heterocycles. The third-order valence-corrected chi connectivity index (χ3v) is 7.27. The van der Waals surface area contributed by atoms with E-state index in [4.69, 9.17) is 14.2 Å². The van der Waals surface area contributed by atoms with Crippen molar-refractivity contribution in [1.82, 2.24) is 4.57 Å². The third kappa shape index (κ3) is 5.35. The number of rotatable bonds is 7. The van der Waals surface area contributed by atoms with Gasteiger partial charge in [-0.05, 0) is 85.1 Å². The molecule has 2 aromatic carbocycles. The van der Waals surface area contributed by atoms with Gasteiger partial charge in [-0.15, -0.1) is 0 Å². The zero-order valence-electron chi connectivity index (χ0n) is 21.1. The van der Waals surface area contributed by atoms with E-state index in [0.29, 0.717) is 36.6 Å². The number of ether oxygens (including phenoxy) is 3. The van der Waals surface area contributed by atoms with Crippen molar-refractivity contribution in [3.63, 3.8) is 0 Å². The van der Waals surface area contributed by atoms with Gasteiger partial charge in [0.2, 0.25) is 0 Å². The average molecular weight is 587 g/mol. The molecule has 0 unspecified atom stereocenters. The molecule has 0 radical (unpaired) electrons. The highest BCUT2D eigenvalue weighted by Gasteiger charge is 2.34. The topological polar surface area (TPSA) is 99.4 Å². The number of phenols is 1. The number of halogens is 1. The van der Waals surface area contributed by atoms with E-state index in [-0.39, 0.29) is 29.6 Å². The Morgan fingerprint density at radius 1 is 1.24 bits per heavy atom. The predicted octanol–water partition coefficient (Wildman–Crippen LogP) is 4.06. The van der Waals surface area contributed by atoms with E-state index in [9.17, 15) is 14.7 Å². The Morgan fingerprint density at radius 3 is 2.65 bits per heavy atom. The lowest BCUT2D eigenvalue weighted by Crippen LogP contribution is -2.40. The molecule has 1 aliphatic rings. The summed E-state index contributed by atoms with van der Waals surface area (Å²) in [7, 11) is 1.54. The van der Waals surface area contributed by atoms with Crippen molar-refractivity contribution in [2.75, 3.05) is 13.7 Å². The van der Waals surface area contributed by atoms with E-state index < -0.39 is 12.0 Å². The normalized spacial score (nSPS) is 15.4. The van der Waals surface area contributed by atoms with E-state index >= 15 is 0 Å². The SMILES string of the molecule is CCOC(=O)C1=C(C)N=c2s/c(=C\c3ccc(O)c(Br)c3)c(=O)n2[C@H]1c1ccc(OC(C)C)c(OC)c1. The number of nitrogens with zero attached hydrogens (tertiary/aromatic N) is 2. The molecule has 0 bridgehead atoms. The number of aromatic nitrogens is 1. The fourth-order valence-electron chi connectivity index (χ4n) is 4.08. The fourth-order valence-corrected chi connectivity index (χ4v) is 5.52. The van der Waals surface area contributed by atoms with Crippen LogP contribution in [0.25, 0.3) is 6.08 Å². The van der Waals surface area contributed by atoms with Crippen LogP contribution in [0.4, 0.5) is 0 Å². The molecule has 194 valence electrons. The first-order chi connectivity index (χ1) is 17.6. The molecule has 8 nitrogen and oxygen atoms in total. The first-order valence-corrected chi connectivity index (χ1v) is 13.3. The Hall–Kier alpha value is -3.37. The zero-order chi connectivity index (χ0) is 26.9. The van der Waals surface area contributed by atoms with Crippen LogP contribution in [0.1, 0.15) is 44.9 Å². The average Bonchev–Trinajstić information content (AvgIpc) is 3.15. The van der Waals surface area contributed by atoms with Crippen LogP contribution in [-0.2, 0) is 9.53 Å². The van der Waals surface area contributed by atoms with E-state index in [2.05, 4.69) is 20.9 Å². The summed E-state index contributed by atoms with van der Waals surface area (Å²) >= 11 is 4.53. The summed E-state index contributed by atoms with van der Waals surface area (Å²) in [5, 5.41) is 9.81. The van der Waals surface area contributed by atoms with E-state index in [1.807, 2.05) is 19.9 Å². The molecule has 0 fully saturated rings. The van der Waals surface area contributed by atoms with Crippen molar-refractivity contribution in [2.24, 2.45) is 4.99 Å². The number of carbonyl (C=O) groups excluding carboxylic acids is 1. The quantitative estimate of drug-likeness (QED) is 0.419. The van der Waals surface area contributed by atoms with Crippen LogP contribution in [0.15, 0.2) is 61.9 Å². The zero-order valence-corrected chi connectivity index (χ0v) is 23.5. The summed E-state index contributed by atoms with van der Waals surface area (Å²) < 4.78 is 19.3. The van der Waals surface area contributed by atoms with Crippen LogP contribution >= 0.6 is 27.3 Å². The lowest BCUT2D eigenvalue weighted by molar-refractivity contribution is -0.139. The van der Waals surface area contributed by atoms with Crippen molar-refractivity contribution in [2.45, 2.75) is 39.8 Å². The van der Waals surface area contributed by atoms with E-state index in [0.717, 1.165) is 5.56 Å². The molecule has 3 aromatic rings. The van der Waals surface area contributed by atoms with Crippen LogP contribution in [0.2, 0.25) is 0 Å². The van der Waals surface area contributed by atoms with Crippen molar-refractivity contribution in [1.29, 1.82) is 0 Å². The van der Waals surface area contributed by atoms with Gasteiger partial charge < -0.3 is 19.3 Å². The second-order valence-electron chi connectivity index (χ2n) is 8.59. The molecular weight excluding hydrogens is 560 g/mol. The molecule has 0 saturated heterocycles. The summed E-state index contributed by atoms with van der Waals surface area (Å²) in [6, 6.07) is 9.57. The predicted molar refractivity (Wildman–Crippen MR) is 145 cm³/mol. The van der Waals surface area contributed by atoms with Crippen molar-refractivity contribution >= 4 is 39.3 Å². The number of thiazole rings is 1. The number of hydrogen-bond donors (Lipinski definition) is 1. The van der Waals surface area contributed by atoms with Crippen LogP contribution in [0.3, 0.4) is 0 Å². The summed E-state index contributed by atoms with van der Waals surface area (Å²) in [6.07, 6.45) is 1.67. The van der Waals surface area contributed by atoms with E-state index in [1.54, 1.807) is 57.4 Å². The Morgan fingerprint density at radius 2 is 2.00 bits per heavy atom. The lowest BCUT2D eigenvalue weighted by Gasteiger charge is -2.25. The number of esters is 1. The highest BCUT2D eigenvalue weighted by Crippen LogP contribution is 2.36. The molecule has 0 spiro atoms. The molecular formula is C27H27BrN2O6S. The highest BCUT2D eigenvalue weighted by molar-refractivity contribution is 9.10. The van der Waals surface area contributed by atoms with Crippen LogP contribution in [-0.4, -0.2) is 35.5 Å². The van der Waals surface area contributed by atoms with Gasteiger partial charge in [0.05, 0.1) is 46.1 Å². The number of aromatic hydroxyl groups is 1. The molecule has 0 aliphatic carbocycles. The van der Waals surface area contributed by atoms with Gasteiger partial charge in [-0.1, -0.05) is 23.5 Å². The molecule has 0 amide bonds. The maximum atomic E-state index is 13.7. The van der Waals surface area contributed by atoms with Gasteiger partial charge in [0, 0.05) is 0 Å².